The van der Waals surface area contributed by atoms with Gasteiger partial charge in [-0.3, -0.25) is 9.79 Å². The van der Waals surface area contributed by atoms with Crippen LogP contribution >= 0.6 is 0 Å². The molecule has 0 aromatic heterocycles. The largest absolute Gasteiger partial charge is 0.324 e. The van der Waals surface area contributed by atoms with Crippen molar-refractivity contribution in [1.82, 2.24) is 0 Å². The second-order valence-corrected chi connectivity index (χ2v) is 4.76. The zero-order valence-corrected chi connectivity index (χ0v) is 10.9. The van der Waals surface area contributed by atoms with Crippen LogP contribution in [0.5, 0.6) is 0 Å². The molecule has 1 aliphatic heterocycles. The van der Waals surface area contributed by atoms with Crippen molar-refractivity contribution in [3.63, 3.8) is 0 Å². The van der Waals surface area contributed by atoms with Gasteiger partial charge in [0.2, 0.25) is 5.91 Å². The van der Waals surface area contributed by atoms with Gasteiger partial charge >= 0.3 is 0 Å². The molecule has 0 saturated heterocycles. The molecular formula is C16H15N3O. The summed E-state index contributed by atoms with van der Waals surface area (Å²) in [7, 11) is 0. The Morgan fingerprint density at radius 2 is 2.00 bits per heavy atom. The third-order valence-corrected chi connectivity index (χ3v) is 3.35. The molecule has 0 spiro atoms. The fraction of sp³-hybridized carbons (Fsp3) is 0.125. The summed E-state index contributed by atoms with van der Waals surface area (Å²) in [6.07, 6.45) is 1.82. The molecule has 100 valence electrons. The van der Waals surface area contributed by atoms with Gasteiger partial charge in [0.05, 0.1) is 6.54 Å². The number of benzene rings is 2. The fourth-order valence-electron chi connectivity index (χ4n) is 2.21. The van der Waals surface area contributed by atoms with Crippen molar-refractivity contribution < 1.29 is 4.79 Å². The van der Waals surface area contributed by atoms with Gasteiger partial charge in [-0.1, -0.05) is 36.4 Å². The Morgan fingerprint density at radius 3 is 2.80 bits per heavy atom. The van der Waals surface area contributed by atoms with Crippen LogP contribution in [0.3, 0.4) is 0 Å². The van der Waals surface area contributed by atoms with E-state index in [1.165, 1.54) is 5.56 Å². The smallest absolute Gasteiger partial charge is 0.245 e. The average molecular weight is 265 g/mol. The molecule has 3 rings (SSSR count). The lowest BCUT2D eigenvalue weighted by Crippen LogP contribution is -2.27. The molecule has 0 bridgehead atoms. The van der Waals surface area contributed by atoms with E-state index in [4.69, 9.17) is 5.73 Å². The van der Waals surface area contributed by atoms with E-state index >= 15 is 0 Å². The Balaban J connectivity index is 1.74. The van der Waals surface area contributed by atoms with Crippen LogP contribution in [0.1, 0.15) is 22.7 Å². The van der Waals surface area contributed by atoms with E-state index in [1.807, 2.05) is 54.7 Å². The summed E-state index contributed by atoms with van der Waals surface area (Å²) >= 11 is 0. The third kappa shape index (κ3) is 2.46. The first-order chi connectivity index (χ1) is 9.74. The van der Waals surface area contributed by atoms with E-state index in [-0.39, 0.29) is 5.91 Å². The molecule has 1 aliphatic rings. The standard InChI is InChI=1S/C16H15N3O/c17-15(11-4-2-1-3-5-11)16(20)19-14-7-6-12-9-18-10-13(12)8-14/h1-8,10,15H,9,17H2,(H,19,20). The Bertz CT molecular complexity index is 665. The number of nitrogens with one attached hydrogen (secondary N) is 1. The summed E-state index contributed by atoms with van der Waals surface area (Å²) in [5.74, 6) is -0.217. The number of hydrogen-bond donors (Lipinski definition) is 2. The van der Waals surface area contributed by atoms with Gasteiger partial charge in [0, 0.05) is 11.9 Å². The number of anilines is 1. The highest BCUT2D eigenvalue weighted by Crippen LogP contribution is 2.20. The Hall–Kier alpha value is -2.46. The molecule has 20 heavy (non-hydrogen) atoms. The molecule has 4 nitrogen and oxygen atoms in total. The number of aliphatic imine (C=N–C) groups is 1. The predicted molar refractivity (Wildman–Crippen MR) is 79.7 cm³/mol. The summed E-state index contributed by atoms with van der Waals surface area (Å²) in [6, 6.07) is 14.4. The van der Waals surface area contributed by atoms with Gasteiger partial charge < -0.3 is 11.1 Å². The molecule has 2 aromatic rings. The summed E-state index contributed by atoms with van der Waals surface area (Å²) < 4.78 is 0. The van der Waals surface area contributed by atoms with Crippen LogP contribution in [-0.2, 0) is 11.3 Å². The summed E-state index contributed by atoms with van der Waals surface area (Å²) in [5, 5.41) is 2.84. The Morgan fingerprint density at radius 1 is 1.20 bits per heavy atom. The first-order valence-electron chi connectivity index (χ1n) is 6.48. The van der Waals surface area contributed by atoms with Crippen LogP contribution < -0.4 is 11.1 Å². The number of fused-ring (bicyclic) bond motifs is 1. The number of nitrogens with zero attached hydrogens (tertiary/aromatic N) is 1. The second-order valence-electron chi connectivity index (χ2n) is 4.76. The van der Waals surface area contributed by atoms with E-state index in [0.29, 0.717) is 6.54 Å². The van der Waals surface area contributed by atoms with Crippen LogP contribution in [0, 0.1) is 0 Å². The number of hydrogen-bond acceptors (Lipinski definition) is 3. The fourth-order valence-corrected chi connectivity index (χ4v) is 2.21. The highest BCUT2D eigenvalue weighted by atomic mass is 16.2. The Labute approximate surface area is 117 Å². The van der Waals surface area contributed by atoms with Crippen LogP contribution in [0.25, 0.3) is 0 Å². The number of carbonyl (C=O) groups excluding carboxylic acids is 1. The van der Waals surface area contributed by atoms with Gasteiger partial charge in [-0.25, -0.2) is 0 Å². The van der Waals surface area contributed by atoms with E-state index in [0.717, 1.165) is 16.8 Å². The lowest BCUT2D eigenvalue weighted by Gasteiger charge is -2.13. The number of nitrogens with two attached hydrogens (primary N) is 1. The van der Waals surface area contributed by atoms with Crippen molar-refractivity contribution in [2.75, 3.05) is 5.32 Å². The lowest BCUT2D eigenvalue weighted by molar-refractivity contribution is -0.117. The molecular weight excluding hydrogens is 250 g/mol. The molecule has 1 heterocycles. The molecule has 0 radical (unpaired) electrons. The highest BCUT2D eigenvalue weighted by Gasteiger charge is 2.16. The summed E-state index contributed by atoms with van der Waals surface area (Å²) in [6.45, 7) is 0.715. The van der Waals surface area contributed by atoms with E-state index in [9.17, 15) is 4.79 Å². The lowest BCUT2D eigenvalue weighted by atomic mass is 10.1. The van der Waals surface area contributed by atoms with Crippen molar-refractivity contribution >= 4 is 17.8 Å². The average Bonchev–Trinajstić information content (AvgIpc) is 2.95. The number of amides is 1. The van der Waals surface area contributed by atoms with Gasteiger partial charge in [0.1, 0.15) is 6.04 Å². The maximum Gasteiger partial charge on any atom is 0.245 e. The molecule has 1 atom stereocenters. The van der Waals surface area contributed by atoms with Gasteiger partial charge in [-0.05, 0) is 28.8 Å². The number of rotatable bonds is 3. The molecule has 0 saturated carbocycles. The van der Waals surface area contributed by atoms with Crippen molar-refractivity contribution in [2.24, 2.45) is 10.7 Å². The molecule has 2 aromatic carbocycles. The van der Waals surface area contributed by atoms with Gasteiger partial charge in [0.25, 0.3) is 0 Å². The summed E-state index contributed by atoms with van der Waals surface area (Å²) in [4.78, 5) is 16.3. The molecule has 4 heteroatoms. The van der Waals surface area contributed by atoms with Crippen LogP contribution in [0.2, 0.25) is 0 Å². The highest BCUT2D eigenvalue weighted by molar-refractivity contribution is 5.96. The zero-order chi connectivity index (χ0) is 13.9. The zero-order valence-electron chi connectivity index (χ0n) is 10.9. The van der Waals surface area contributed by atoms with Gasteiger partial charge in [0.15, 0.2) is 0 Å². The van der Waals surface area contributed by atoms with E-state index < -0.39 is 6.04 Å². The van der Waals surface area contributed by atoms with Gasteiger partial charge in [-0.15, -0.1) is 0 Å². The molecule has 0 fully saturated rings. The minimum atomic E-state index is -0.668. The van der Waals surface area contributed by atoms with Crippen molar-refractivity contribution in [2.45, 2.75) is 12.6 Å². The van der Waals surface area contributed by atoms with Crippen molar-refractivity contribution in [3.05, 3.63) is 65.2 Å². The number of carbonyl (C=O) groups is 1. The second kappa shape index (κ2) is 5.27. The minimum absolute atomic E-state index is 0.217. The van der Waals surface area contributed by atoms with Gasteiger partial charge in [-0.2, -0.15) is 0 Å². The molecule has 1 unspecified atom stereocenters. The van der Waals surface area contributed by atoms with Crippen molar-refractivity contribution in [3.8, 4) is 0 Å². The minimum Gasteiger partial charge on any atom is -0.324 e. The normalized spacial score (nSPS) is 13.8. The third-order valence-electron chi connectivity index (χ3n) is 3.35. The van der Waals surface area contributed by atoms with Crippen LogP contribution in [0.4, 0.5) is 5.69 Å². The Kier molecular flexibility index (Phi) is 3.31. The topological polar surface area (TPSA) is 67.5 Å². The molecule has 1 amide bonds. The molecule has 3 N–H and O–H groups in total. The first-order valence-corrected chi connectivity index (χ1v) is 6.48. The SMILES string of the molecule is NC(C(=O)Nc1ccc2c(c1)C=NC2)c1ccccc1. The quantitative estimate of drug-likeness (QED) is 0.893. The maximum atomic E-state index is 12.1. The predicted octanol–water partition coefficient (Wildman–Crippen LogP) is 2.26. The summed E-state index contributed by atoms with van der Waals surface area (Å²) in [5.41, 5.74) is 9.73. The molecule has 0 aliphatic carbocycles. The van der Waals surface area contributed by atoms with E-state index in [2.05, 4.69) is 10.3 Å². The van der Waals surface area contributed by atoms with E-state index in [1.54, 1.807) is 0 Å². The van der Waals surface area contributed by atoms with Crippen LogP contribution in [0.15, 0.2) is 53.5 Å². The van der Waals surface area contributed by atoms with Crippen molar-refractivity contribution in [1.29, 1.82) is 0 Å². The van der Waals surface area contributed by atoms with Crippen LogP contribution in [-0.4, -0.2) is 12.1 Å². The monoisotopic (exact) mass is 265 g/mol. The maximum absolute atomic E-state index is 12.1. The first kappa shape index (κ1) is 12.6.